The van der Waals surface area contributed by atoms with Crippen LogP contribution in [0, 0.1) is 6.92 Å². The van der Waals surface area contributed by atoms with Crippen molar-refractivity contribution in [2.75, 3.05) is 0 Å². The molecule has 0 spiro atoms. The lowest BCUT2D eigenvalue weighted by Crippen LogP contribution is -1.71. The third kappa shape index (κ3) is 1.63. The topological polar surface area (TPSA) is 39.2 Å². The Kier molecular flexibility index (Phi) is 2.03. The molecule has 0 radical (unpaired) electrons. The van der Waals surface area contributed by atoms with E-state index in [-0.39, 0.29) is 0 Å². The minimum absolute atomic E-state index is 0.525. The Morgan fingerprint density at radius 3 is 2.68 bits per heavy atom. The Morgan fingerprint density at radius 2 is 1.79 bits per heavy atom. The van der Waals surface area contributed by atoms with Crippen molar-refractivity contribution >= 4 is 22.1 Å². The van der Waals surface area contributed by atoms with Gasteiger partial charge in [0, 0.05) is 5.39 Å². The Labute approximate surface area is 109 Å². The zero-order chi connectivity index (χ0) is 12.8. The van der Waals surface area contributed by atoms with E-state index in [1.54, 1.807) is 0 Å². The van der Waals surface area contributed by atoms with Gasteiger partial charge in [0.2, 0.25) is 0 Å². The molecule has 19 heavy (non-hydrogen) atoms. The molecule has 2 heterocycles. The fourth-order valence-electron chi connectivity index (χ4n) is 2.22. The number of hydrogen-bond donors (Lipinski definition) is 0. The maximum absolute atomic E-state index is 5.76. The molecule has 0 saturated heterocycles. The molecule has 0 saturated carbocycles. The number of para-hydroxylation sites is 1. The molecule has 0 aliphatic heterocycles. The van der Waals surface area contributed by atoms with Crippen LogP contribution in [0.4, 0.5) is 0 Å². The maximum atomic E-state index is 5.76. The number of aromatic nitrogens is 1. The predicted octanol–water partition coefficient (Wildman–Crippen LogP) is 4.55. The second kappa shape index (κ2) is 3.72. The highest BCUT2D eigenvalue weighted by atomic mass is 16.4. The average molecular weight is 249 g/mol. The summed E-state index contributed by atoms with van der Waals surface area (Å²) < 4.78 is 11.5. The molecule has 4 rings (SSSR count). The Hall–Kier alpha value is -2.55. The van der Waals surface area contributed by atoms with Crippen LogP contribution in [-0.2, 0) is 0 Å². The maximum Gasteiger partial charge on any atom is 0.263 e. The van der Waals surface area contributed by atoms with E-state index in [9.17, 15) is 0 Å². The van der Waals surface area contributed by atoms with Gasteiger partial charge in [-0.3, -0.25) is 0 Å². The fraction of sp³-hybridized carbons (Fsp3) is 0.0625. The number of oxazole rings is 1. The van der Waals surface area contributed by atoms with Crippen LogP contribution < -0.4 is 0 Å². The Bertz CT molecular complexity index is 853. The smallest absolute Gasteiger partial charge is 0.263 e. The van der Waals surface area contributed by atoms with Crippen LogP contribution in [0.25, 0.3) is 33.7 Å². The lowest BCUT2D eigenvalue weighted by molar-refractivity contribution is 0.559. The van der Waals surface area contributed by atoms with Gasteiger partial charge in [0.05, 0.1) is 0 Å². The summed E-state index contributed by atoms with van der Waals surface area (Å²) in [7, 11) is 0. The quantitative estimate of drug-likeness (QED) is 0.496. The minimum Gasteiger partial charge on any atom is -0.451 e. The van der Waals surface area contributed by atoms with Crippen molar-refractivity contribution in [2.24, 2.45) is 0 Å². The van der Waals surface area contributed by atoms with E-state index in [0.29, 0.717) is 11.7 Å². The molecule has 0 amide bonds. The van der Waals surface area contributed by atoms with Gasteiger partial charge in [0.1, 0.15) is 11.1 Å². The number of rotatable bonds is 1. The van der Waals surface area contributed by atoms with Gasteiger partial charge >= 0.3 is 0 Å². The van der Waals surface area contributed by atoms with E-state index in [4.69, 9.17) is 8.83 Å². The van der Waals surface area contributed by atoms with E-state index in [0.717, 1.165) is 27.6 Å². The summed E-state index contributed by atoms with van der Waals surface area (Å²) in [5.41, 5.74) is 3.63. The van der Waals surface area contributed by atoms with Crippen LogP contribution in [0.1, 0.15) is 5.56 Å². The predicted molar refractivity (Wildman–Crippen MR) is 74.0 cm³/mol. The summed E-state index contributed by atoms with van der Waals surface area (Å²) >= 11 is 0. The number of fused-ring (bicyclic) bond motifs is 2. The molecule has 0 aliphatic carbocycles. The van der Waals surface area contributed by atoms with Crippen molar-refractivity contribution in [3.05, 3.63) is 54.1 Å². The first-order valence-corrected chi connectivity index (χ1v) is 6.16. The van der Waals surface area contributed by atoms with Gasteiger partial charge in [-0.05, 0) is 36.8 Å². The summed E-state index contributed by atoms with van der Waals surface area (Å²) in [5, 5.41) is 1.05. The van der Waals surface area contributed by atoms with E-state index in [1.165, 1.54) is 0 Å². The number of benzene rings is 2. The number of hydrogen-bond acceptors (Lipinski definition) is 3. The van der Waals surface area contributed by atoms with E-state index in [1.807, 2.05) is 55.5 Å². The number of aryl methyl sites for hydroxylation is 1. The number of furan rings is 1. The Balaban J connectivity index is 1.93. The summed E-state index contributed by atoms with van der Waals surface area (Å²) in [6.07, 6.45) is 0. The molecule has 0 aliphatic rings. The first-order valence-electron chi connectivity index (χ1n) is 6.16. The largest absolute Gasteiger partial charge is 0.451 e. The molecule has 0 fully saturated rings. The molecule has 0 atom stereocenters. The SMILES string of the molecule is Cc1ccc2nc(-c3cc4ccccc4o3)oc2c1. The van der Waals surface area contributed by atoms with E-state index < -0.39 is 0 Å². The van der Waals surface area contributed by atoms with Crippen LogP contribution in [0.5, 0.6) is 0 Å². The third-order valence-corrected chi connectivity index (χ3v) is 3.18. The van der Waals surface area contributed by atoms with Gasteiger partial charge in [0.15, 0.2) is 11.3 Å². The molecule has 0 unspecified atom stereocenters. The first-order chi connectivity index (χ1) is 9.29. The van der Waals surface area contributed by atoms with E-state index in [2.05, 4.69) is 4.98 Å². The van der Waals surface area contributed by atoms with Gasteiger partial charge in [-0.2, -0.15) is 0 Å². The standard InChI is InChI=1S/C16H11NO2/c1-10-6-7-12-14(8-10)19-16(17-12)15-9-11-4-2-3-5-13(11)18-15/h2-9H,1H3. The fourth-order valence-corrected chi connectivity index (χ4v) is 2.22. The van der Waals surface area contributed by atoms with Gasteiger partial charge in [-0.15, -0.1) is 0 Å². The molecule has 0 bridgehead atoms. The lowest BCUT2D eigenvalue weighted by Gasteiger charge is -1.88. The summed E-state index contributed by atoms with van der Waals surface area (Å²) in [5.74, 6) is 1.19. The van der Waals surface area contributed by atoms with Crippen molar-refractivity contribution in [3.8, 4) is 11.7 Å². The first kappa shape index (κ1) is 10.4. The van der Waals surface area contributed by atoms with Crippen molar-refractivity contribution in [1.82, 2.24) is 4.98 Å². The normalized spacial score (nSPS) is 11.4. The van der Waals surface area contributed by atoms with Gasteiger partial charge < -0.3 is 8.83 Å². The van der Waals surface area contributed by atoms with Crippen LogP contribution in [0.15, 0.2) is 57.4 Å². The van der Waals surface area contributed by atoms with Crippen molar-refractivity contribution < 1.29 is 8.83 Å². The van der Waals surface area contributed by atoms with Gasteiger partial charge in [-0.1, -0.05) is 24.3 Å². The van der Waals surface area contributed by atoms with E-state index >= 15 is 0 Å². The zero-order valence-corrected chi connectivity index (χ0v) is 10.4. The summed E-state index contributed by atoms with van der Waals surface area (Å²) in [6, 6.07) is 15.8. The van der Waals surface area contributed by atoms with Crippen LogP contribution in [-0.4, -0.2) is 4.98 Å². The summed E-state index contributed by atoms with van der Waals surface area (Å²) in [4.78, 5) is 4.46. The Morgan fingerprint density at radius 1 is 0.895 bits per heavy atom. The highest BCUT2D eigenvalue weighted by Gasteiger charge is 2.12. The van der Waals surface area contributed by atoms with Crippen LogP contribution in [0.2, 0.25) is 0 Å². The zero-order valence-electron chi connectivity index (χ0n) is 10.4. The highest BCUT2D eigenvalue weighted by molar-refractivity contribution is 5.83. The third-order valence-electron chi connectivity index (χ3n) is 3.18. The summed E-state index contributed by atoms with van der Waals surface area (Å²) in [6.45, 7) is 2.03. The minimum atomic E-state index is 0.525. The molecule has 0 N–H and O–H groups in total. The second-order valence-electron chi connectivity index (χ2n) is 4.64. The average Bonchev–Trinajstić information content (AvgIpc) is 3.00. The van der Waals surface area contributed by atoms with Gasteiger partial charge in [0.25, 0.3) is 5.89 Å². The molecule has 4 aromatic rings. The number of nitrogens with zero attached hydrogens (tertiary/aromatic N) is 1. The molecule has 2 aromatic carbocycles. The van der Waals surface area contributed by atoms with Gasteiger partial charge in [-0.25, -0.2) is 4.98 Å². The molecular weight excluding hydrogens is 238 g/mol. The van der Waals surface area contributed by atoms with Crippen molar-refractivity contribution in [2.45, 2.75) is 6.92 Å². The monoisotopic (exact) mass is 249 g/mol. The second-order valence-corrected chi connectivity index (χ2v) is 4.64. The highest BCUT2D eigenvalue weighted by Crippen LogP contribution is 2.29. The van der Waals surface area contributed by atoms with Crippen molar-refractivity contribution in [3.63, 3.8) is 0 Å². The lowest BCUT2D eigenvalue weighted by atomic mass is 10.2. The molecule has 2 aromatic heterocycles. The van der Waals surface area contributed by atoms with Crippen LogP contribution >= 0.6 is 0 Å². The molecule has 3 heteroatoms. The molecule has 92 valence electrons. The molecule has 3 nitrogen and oxygen atoms in total. The molecular formula is C16H11NO2. The van der Waals surface area contributed by atoms with Crippen LogP contribution in [0.3, 0.4) is 0 Å². The van der Waals surface area contributed by atoms with Crippen molar-refractivity contribution in [1.29, 1.82) is 0 Å².